The molecular weight excluding hydrogens is 484 g/mol. The lowest BCUT2D eigenvalue weighted by atomic mass is 10.4. The smallest absolute Gasteiger partial charge is 0.330 e. The molecule has 0 saturated heterocycles. The fourth-order valence-corrected chi connectivity index (χ4v) is 3.40. The number of aryl methyl sites for hydroxylation is 1. The molecule has 0 radical (unpaired) electrons. The molecule has 4 heterocycles. The van der Waals surface area contributed by atoms with Crippen molar-refractivity contribution >= 4 is 33.4 Å². The second-order valence-corrected chi connectivity index (χ2v) is 8.22. The number of aromatic amines is 3. The summed E-state index contributed by atoms with van der Waals surface area (Å²) >= 11 is 0. The standard InChI is InChI=1S/C16H14N14O4S/c1-7-10(26-27-11-8(3-17)5-30(28-11)9-4-19-6-20-9)12(35(18,33)34)22-13(21-7)29(2)14-23-15(31)25-16(32)24-14/h4-6H,1-2H3,(H,19,20)(H2,18,33,34)(H2,23,24,25,31,32). The maximum atomic E-state index is 12.3. The lowest BCUT2D eigenvalue weighted by molar-refractivity contribution is 0.593. The van der Waals surface area contributed by atoms with Gasteiger partial charge < -0.3 is 4.98 Å². The number of primary sulfonamides is 1. The van der Waals surface area contributed by atoms with E-state index in [0.717, 1.165) is 4.90 Å². The van der Waals surface area contributed by atoms with Gasteiger partial charge in [-0.2, -0.15) is 15.2 Å². The van der Waals surface area contributed by atoms with Gasteiger partial charge in [0.05, 0.1) is 24.4 Å². The van der Waals surface area contributed by atoms with Crippen molar-refractivity contribution in [2.45, 2.75) is 11.9 Å². The predicted molar refractivity (Wildman–Crippen MR) is 116 cm³/mol. The number of H-pyrrole nitrogens is 3. The van der Waals surface area contributed by atoms with Crippen LogP contribution in [0.3, 0.4) is 0 Å². The molecule has 4 rings (SSSR count). The number of rotatable bonds is 6. The summed E-state index contributed by atoms with van der Waals surface area (Å²) < 4.78 is 25.9. The van der Waals surface area contributed by atoms with Gasteiger partial charge in [0.1, 0.15) is 17.3 Å². The first-order valence-corrected chi connectivity index (χ1v) is 10.9. The Balaban J connectivity index is 1.79. The van der Waals surface area contributed by atoms with E-state index in [1.54, 1.807) is 0 Å². The second-order valence-electron chi connectivity index (χ2n) is 6.75. The minimum Gasteiger partial charge on any atom is -0.330 e. The summed E-state index contributed by atoms with van der Waals surface area (Å²) in [6, 6.07) is 1.91. The lowest BCUT2D eigenvalue weighted by Crippen LogP contribution is -2.30. The molecule has 4 aromatic rings. The summed E-state index contributed by atoms with van der Waals surface area (Å²) in [6.45, 7) is 1.41. The average Bonchev–Trinajstić information content (AvgIpc) is 3.45. The Morgan fingerprint density at radius 3 is 2.60 bits per heavy atom. The van der Waals surface area contributed by atoms with Crippen LogP contribution in [0.4, 0.5) is 23.4 Å². The maximum Gasteiger partial charge on any atom is 0.352 e. The summed E-state index contributed by atoms with van der Waals surface area (Å²) in [5.74, 6) is -0.184. The lowest BCUT2D eigenvalue weighted by Gasteiger charge is -2.16. The monoisotopic (exact) mass is 498 g/mol. The van der Waals surface area contributed by atoms with Crippen molar-refractivity contribution in [1.82, 2.24) is 44.7 Å². The van der Waals surface area contributed by atoms with Gasteiger partial charge in [-0.15, -0.1) is 15.3 Å². The molecule has 4 aromatic heterocycles. The molecule has 0 aromatic carbocycles. The van der Waals surface area contributed by atoms with Gasteiger partial charge in [-0.05, 0) is 6.92 Å². The van der Waals surface area contributed by atoms with Gasteiger partial charge in [0.15, 0.2) is 5.82 Å². The van der Waals surface area contributed by atoms with Crippen LogP contribution < -0.4 is 21.4 Å². The van der Waals surface area contributed by atoms with E-state index in [1.165, 1.54) is 37.4 Å². The quantitative estimate of drug-likeness (QED) is 0.188. The summed E-state index contributed by atoms with van der Waals surface area (Å²) in [4.78, 5) is 46.6. The molecule has 0 amide bonds. The van der Waals surface area contributed by atoms with Gasteiger partial charge in [-0.1, -0.05) is 0 Å². The molecule has 0 fully saturated rings. The molecule has 35 heavy (non-hydrogen) atoms. The highest BCUT2D eigenvalue weighted by Crippen LogP contribution is 2.30. The zero-order valence-corrected chi connectivity index (χ0v) is 18.6. The molecule has 5 N–H and O–H groups in total. The maximum absolute atomic E-state index is 12.3. The third-order valence-electron chi connectivity index (χ3n) is 4.35. The van der Waals surface area contributed by atoms with Gasteiger partial charge in [0.2, 0.25) is 22.7 Å². The molecule has 19 heteroatoms. The second kappa shape index (κ2) is 8.69. The van der Waals surface area contributed by atoms with Crippen molar-refractivity contribution in [3.05, 3.63) is 50.9 Å². The molecular formula is C16H14N14O4S. The fraction of sp³-hybridized carbons (Fsp3) is 0.125. The molecule has 0 bridgehead atoms. The van der Waals surface area contributed by atoms with E-state index in [9.17, 15) is 23.3 Å². The van der Waals surface area contributed by atoms with Crippen LogP contribution in [0.5, 0.6) is 0 Å². The molecule has 178 valence electrons. The van der Waals surface area contributed by atoms with Gasteiger partial charge >= 0.3 is 11.4 Å². The number of nitrogens with zero attached hydrogens (tertiary/aromatic N) is 10. The molecule has 0 aliphatic carbocycles. The van der Waals surface area contributed by atoms with Gasteiger partial charge in [-0.25, -0.2) is 37.8 Å². The number of nitrogens with two attached hydrogens (primary N) is 1. The Morgan fingerprint density at radius 1 is 1.20 bits per heavy atom. The Labute approximate surface area is 194 Å². The molecule has 0 unspecified atom stereocenters. The first kappa shape index (κ1) is 23.1. The number of aromatic nitrogens is 9. The normalized spacial score (nSPS) is 11.6. The van der Waals surface area contributed by atoms with E-state index in [-0.39, 0.29) is 34.7 Å². The highest BCUT2D eigenvalue weighted by molar-refractivity contribution is 7.89. The van der Waals surface area contributed by atoms with Crippen molar-refractivity contribution in [2.24, 2.45) is 15.4 Å². The molecule has 0 aliphatic rings. The van der Waals surface area contributed by atoms with E-state index < -0.39 is 26.4 Å². The molecule has 0 atom stereocenters. The Bertz CT molecular complexity index is 1680. The Hall–Kier alpha value is -5.09. The van der Waals surface area contributed by atoms with E-state index in [0.29, 0.717) is 5.82 Å². The van der Waals surface area contributed by atoms with E-state index in [4.69, 9.17) is 5.14 Å². The van der Waals surface area contributed by atoms with Crippen molar-refractivity contribution in [2.75, 3.05) is 11.9 Å². The zero-order chi connectivity index (χ0) is 25.3. The highest BCUT2D eigenvalue weighted by Gasteiger charge is 2.24. The van der Waals surface area contributed by atoms with E-state index in [1.807, 2.05) is 11.1 Å². The van der Waals surface area contributed by atoms with Crippen molar-refractivity contribution < 1.29 is 8.42 Å². The summed E-state index contributed by atoms with van der Waals surface area (Å²) in [7, 11) is -3.12. The van der Waals surface area contributed by atoms with Crippen LogP contribution in [0, 0.1) is 18.3 Å². The molecule has 18 nitrogen and oxygen atoms in total. The number of hydrogen-bond acceptors (Lipinski definition) is 13. The molecule has 0 saturated carbocycles. The number of nitriles is 1. The van der Waals surface area contributed by atoms with E-state index >= 15 is 0 Å². The van der Waals surface area contributed by atoms with Crippen LogP contribution in [0.15, 0.2) is 43.6 Å². The largest absolute Gasteiger partial charge is 0.352 e. The van der Waals surface area contributed by atoms with Crippen molar-refractivity contribution in [1.29, 1.82) is 5.26 Å². The molecule has 0 spiro atoms. The summed E-state index contributed by atoms with van der Waals surface area (Å²) in [5.41, 5.74) is -2.03. The van der Waals surface area contributed by atoms with E-state index in [2.05, 4.69) is 45.2 Å². The third kappa shape index (κ3) is 4.68. The van der Waals surface area contributed by atoms with Crippen LogP contribution in [0.1, 0.15) is 11.3 Å². The Kier molecular flexibility index (Phi) is 5.73. The first-order valence-electron chi connectivity index (χ1n) is 9.33. The summed E-state index contributed by atoms with van der Waals surface area (Å²) in [5, 5.41) is 25.9. The van der Waals surface area contributed by atoms with Gasteiger partial charge in [0.25, 0.3) is 10.0 Å². The summed E-state index contributed by atoms with van der Waals surface area (Å²) in [6.07, 6.45) is 4.25. The van der Waals surface area contributed by atoms with Crippen LogP contribution in [0.25, 0.3) is 5.82 Å². The first-order chi connectivity index (χ1) is 16.6. The topological polar surface area (TPSA) is 263 Å². The van der Waals surface area contributed by atoms with Gasteiger partial charge in [-0.3, -0.25) is 14.9 Å². The fourth-order valence-electron chi connectivity index (χ4n) is 2.74. The molecule has 0 aliphatic heterocycles. The van der Waals surface area contributed by atoms with Crippen LogP contribution in [0.2, 0.25) is 0 Å². The van der Waals surface area contributed by atoms with Gasteiger partial charge in [0, 0.05) is 7.05 Å². The number of sulfonamides is 1. The number of imidazole rings is 1. The van der Waals surface area contributed by atoms with Crippen molar-refractivity contribution in [3.8, 4) is 11.9 Å². The van der Waals surface area contributed by atoms with Crippen molar-refractivity contribution in [3.63, 3.8) is 0 Å². The number of nitrogens with one attached hydrogen (secondary N) is 3. The zero-order valence-electron chi connectivity index (χ0n) is 17.8. The number of azo groups is 1. The SMILES string of the molecule is Cc1nc(N(C)c2nc(=O)[nH]c(=O)[nH]2)nc(S(N)(=O)=O)c1N=Nc1nn(-c2cnc[nH]2)cc1C#N. The highest BCUT2D eigenvalue weighted by atomic mass is 32.2. The number of anilines is 2. The third-order valence-corrected chi connectivity index (χ3v) is 5.17. The van der Waals surface area contributed by atoms with Crippen LogP contribution in [-0.2, 0) is 10.0 Å². The number of hydrogen-bond donors (Lipinski definition) is 4. The van der Waals surface area contributed by atoms with Crippen LogP contribution >= 0.6 is 0 Å². The minimum atomic E-state index is -4.46. The minimum absolute atomic E-state index is 0.0216. The predicted octanol–water partition coefficient (Wildman–Crippen LogP) is -0.832. The average molecular weight is 498 g/mol. The Morgan fingerprint density at radius 2 is 1.97 bits per heavy atom. The van der Waals surface area contributed by atoms with Crippen LogP contribution in [-0.4, -0.2) is 60.1 Å².